The normalized spacial score (nSPS) is 22.7. The van der Waals surface area contributed by atoms with Crippen LogP contribution in [0, 0.1) is 11.7 Å². The maximum Gasteiger partial charge on any atom is 0.306 e. The van der Waals surface area contributed by atoms with E-state index in [0.717, 1.165) is 11.6 Å². The number of anilines is 1. The highest BCUT2D eigenvalue weighted by Gasteiger charge is 2.37. The zero-order valence-electron chi connectivity index (χ0n) is 22.5. The number of aryl methyl sites for hydroxylation is 1. The number of aromatic nitrogens is 2. The zero-order valence-corrected chi connectivity index (χ0v) is 23.2. The van der Waals surface area contributed by atoms with Crippen LogP contribution in [0.15, 0.2) is 36.4 Å². The number of carbonyl (C=O) groups excluding carboxylic acids is 2. The number of nitrogens with zero attached hydrogens (tertiary/aromatic N) is 3. The van der Waals surface area contributed by atoms with Gasteiger partial charge >= 0.3 is 5.97 Å². The van der Waals surface area contributed by atoms with Gasteiger partial charge in [0.25, 0.3) is 5.91 Å². The van der Waals surface area contributed by atoms with Crippen molar-refractivity contribution in [2.24, 2.45) is 13.0 Å². The maximum atomic E-state index is 15.1. The lowest BCUT2D eigenvalue weighted by Crippen LogP contribution is -2.40. The number of benzene rings is 2. The number of likely N-dealkylation sites (tertiary alicyclic amines) is 1. The number of alkyl halides is 1. The third kappa shape index (κ3) is 6.36. The van der Waals surface area contributed by atoms with Gasteiger partial charge in [0.2, 0.25) is 5.91 Å². The summed E-state index contributed by atoms with van der Waals surface area (Å²) in [5.74, 6) is -2.92. The van der Waals surface area contributed by atoms with Crippen molar-refractivity contribution in [2.75, 3.05) is 18.5 Å². The van der Waals surface area contributed by atoms with E-state index in [0.29, 0.717) is 31.1 Å². The largest absolute Gasteiger partial charge is 0.481 e. The Kier molecular flexibility index (Phi) is 8.55. The van der Waals surface area contributed by atoms with Crippen molar-refractivity contribution in [3.8, 4) is 0 Å². The van der Waals surface area contributed by atoms with Crippen molar-refractivity contribution in [2.45, 2.75) is 56.8 Å². The lowest BCUT2D eigenvalue weighted by Gasteiger charge is -2.30. The van der Waals surface area contributed by atoms with Gasteiger partial charge in [0, 0.05) is 18.9 Å². The molecule has 12 heteroatoms. The Balaban J connectivity index is 1.21. The number of amides is 2. The van der Waals surface area contributed by atoms with E-state index in [1.165, 1.54) is 11.0 Å². The smallest absolute Gasteiger partial charge is 0.306 e. The Hall–Kier alpha value is -3.57. The van der Waals surface area contributed by atoms with Gasteiger partial charge in [-0.3, -0.25) is 19.1 Å². The number of para-hydroxylation sites is 1. The molecule has 1 saturated carbocycles. The lowest BCUT2D eigenvalue weighted by molar-refractivity contribution is -0.144. The second-order valence-corrected chi connectivity index (χ2v) is 11.1. The summed E-state index contributed by atoms with van der Waals surface area (Å²) in [4.78, 5) is 38.6. The van der Waals surface area contributed by atoms with Crippen LogP contribution in [-0.4, -0.2) is 69.0 Å². The molecule has 1 aromatic heterocycles. The minimum atomic E-state index is -1.22. The SMILES string of the molecule is Cn1nc(C(=O)Nc2cc(F)c(CC(=O)N3C[C@@H](F)C[C@H]3COC3CCC(C(=O)O)CC3)cc2Cl)c2ccccc21. The van der Waals surface area contributed by atoms with Crippen LogP contribution in [0.1, 0.15) is 48.2 Å². The van der Waals surface area contributed by atoms with Crippen LogP contribution < -0.4 is 5.32 Å². The Labute approximate surface area is 240 Å². The van der Waals surface area contributed by atoms with Crippen molar-refractivity contribution < 1.29 is 33.0 Å². The molecule has 2 amide bonds. The number of carboxylic acids is 1. The number of nitrogens with one attached hydrogen (secondary N) is 1. The van der Waals surface area contributed by atoms with E-state index < -0.39 is 35.8 Å². The highest BCUT2D eigenvalue weighted by molar-refractivity contribution is 6.34. The van der Waals surface area contributed by atoms with E-state index in [-0.39, 0.29) is 60.0 Å². The molecule has 2 fully saturated rings. The Bertz CT molecular complexity index is 1470. The second kappa shape index (κ2) is 12.1. The molecule has 2 atom stereocenters. The molecule has 218 valence electrons. The summed E-state index contributed by atoms with van der Waals surface area (Å²) in [6.45, 7) is 0.0190. The first-order valence-corrected chi connectivity index (χ1v) is 14.0. The number of ether oxygens (including phenoxy) is 1. The standard InChI is InChI=1S/C29H31ClF2N4O5/c1-35-25-5-3-2-4-21(25)27(34-35)28(38)33-24-13-23(32)17(10-22(24)30)11-26(37)36-14-18(31)12-19(36)15-41-20-8-6-16(7-9-20)29(39)40/h2-5,10,13,16,18-20H,6-9,11-12,14-15H2,1H3,(H,33,38)(H,39,40)/t16?,18-,19-,20?/m0/s1. The van der Waals surface area contributed by atoms with Crippen molar-refractivity contribution in [3.63, 3.8) is 0 Å². The second-order valence-electron chi connectivity index (χ2n) is 10.7. The fourth-order valence-electron chi connectivity index (χ4n) is 5.69. The predicted octanol–water partition coefficient (Wildman–Crippen LogP) is 4.76. The molecule has 3 aromatic rings. The van der Waals surface area contributed by atoms with Crippen molar-refractivity contribution in [1.82, 2.24) is 14.7 Å². The molecule has 2 aliphatic rings. The highest BCUT2D eigenvalue weighted by Crippen LogP contribution is 2.30. The molecular weight excluding hydrogens is 558 g/mol. The number of aliphatic carboxylic acids is 1. The monoisotopic (exact) mass is 588 g/mol. The van der Waals surface area contributed by atoms with E-state index in [9.17, 15) is 18.8 Å². The summed E-state index contributed by atoms with van der Waals surface area (Å²) in [5, 5.41) is 16.7. The summed E-state index contributed by atoms with van der Waals surface area (Å²) in [5.41, 5.74) is 0.983. The molecule has 2 N–H and O–H groups in total. The van der Waals surface area contributed by atoms with E-state index in [2.05, 4.69) is 10.4 Å². The topological polar surface area (TPSA) is 114 Å². The molecule has 1 saturated heterocycles. The van der Waals surface area contributed by atoms with Crippen molar-refractivity contribution >= 4 is 46.0 Å². The quantitative estimate of drug-likeness (QED) is 0.392. The summed E-state index contributed by atoms with van der Waals surface area (Å²) >= 11 is 6.37. The van der Waals surface area contributed by atoms with Gasteiger partial charge in [-0.25, -0.2) is 8.78 Å². The molecule has 0 spiro atoms. The van der Waals surface area contributed by atoms with E-state index in [1.54, 1.807) is 23.9 Å². The lowest BCUT2D eigenvalue weighted by atomic mass is 9.87. The number of hydrogen-bond acceptors (Lipinski definition) is 5. The van der Waals surface area contributed by atoms with Gasteiger partial charge in [-0.05, 0) is 49.4 Å². The van der Waals surface area contributed by atoms with Gasteiger partial charge in [0.15, 0.2) is 5.69 Å². The third-order valence-electron chi connectivity index (χ3n) is 7.93. The first kappa shape index (κ1) is 28.9. The molecule has 2 aromatic carbocycles. The minimum Gasteiger partial charge on any atom is -0.481 e. The molecule has 0 bridgehead atoms. The van der Waals surface area contributed by atoms with Crippen LogP contribution in [0.4, 0.5) is 14.5 Å². The molecule has 2 heterocycles. The number of carboxylic acid groups (broad SMARTS) is 1. The van der Waals surface area contributed by atoms with Gasteiger partial charge in [-0.1, -0.05) is 29.8 Å². The number of hydrogen-bond donors (Lipinski definition) is 2. The predicted molar refractivity (Wildman–Crippen MR) is 148 cm³/mol. The maximum absolute atomic E-state index is 15.1. The third-order valence-corrected chi connectivity index (χ3v) is 8.24. The molecule has 1 aliphatic carbocycles. The van der Waals surface area contributed by atoms with Crippen LogP contribution in [0.25, 0.3) is 10.9 Å². The Morgan fingerprint density at radius 3 is 2.63 bits per heavy atom. The van der Waals surface area contributed by atoms with Gasteiger partial charge in [-0.2, -0.15) is 5.10 Å². The first-order valence-electron chi connectivity index (χ1n) is 13.6. The average Bonchev–Trinajstić information content (AvgIpc) is 3.50. The molecule has 9 nitrogen and oxygen atoms in total. The van der Waals surface area contributed by atoms with Gasteiger partial charge in [0.05, 0.1) is 53.9 Å². The summed E-state index contributed by atoms with van der Waals surface area (Å²) in [6, 6.07) is 9.05. The van der Waals surface area contributed by atoms with E-state index in [1.807, 2.05) is 12.1 Å². The van der Waals surface area contributed by atoms with Crippen LogP contribution in [0.5, 0.6) is 0 Å². The minimum absolute atomic E-state index is 0.0234. The first-order chi connectivity index (χ1) is 19.6. The van der Waals surface area contributed by atoms with Crippen LogP contribution in [0.3, 0.4) is 0 Å². The van der Waals surface area contributed by atoms with Crippen molar-refractivity contribution in [1.29, 1.82) is 0 Å². The molecule has 5 rings (SSSR count). The number of rotatable bonds is 8. The number of carbonyl (C=O) groups is 3. The number of fused-ring (bicyclic) bond motifs is 1. The molecule has 41 heavy (non-hydrogen) atoms. The van der Waals surface area contributed by atoms with E-state index >= 15 is 4.39 Å². The zero-order chi connectivity index (χ0) is 29.3. The van der Waals surface area contributed by atoms with Gasteiger partial charge in [-0.15, -0.1) is 0 Å². The van der Waals surface area contributed by atoms with Gasteiger partial charge in [0.1, 0.15) is 12.0 Å². The van der Waals surface area contributed by atoms with Crippen molar-refractivity contribution in [3.05, 3.63) is 58.5 Å². The molecule has 0 unspecified atom stereocenters. The highest BCUT2D eigenvalue weighted by atomic mass is 35.5. The Morgan fingerprint density at radius 1 is 1.17 bits per heavy atom. The van der Waals surface area contributed by atoms with Gasteiger partial charge < -0.3 is 20.1 Å². The number of halogens is 3. The summed E-state index contributed by atoms with van der Waals surface area (Å²) < 4.78 is 36.9. The molecule has 1 aliphatic heterocycles. The van der Waals surface area contributed by atoms with Crippen LogP contribution in [0.2, 0.25) is 5.02 Å². The fourth-order valence-corrected chi connectivity index (χ4v) is 5.93. The molecule has 0 radical (unpaired) electrons. The summed E-state index contributed by atoms with van der Waals surface area (Å²) in [6.07, 6.45) is 0.666. The van der Waals surface area contributed by atoms with Crippen LogP contribution >= 0.6 is 11.6 Å². The van der Waals surface area contributed by atoms with Crippen LogP contribution in [-0.2, 0) is 27.8 Å². The average molecular weight is 589 g/mol. The Morgan fingerprint density at radius 2 is 1.90 bits per heavy atom. The molecular formula is C29H31ClF2N4O5. The van der Waals surface area contributed by atoms with E-state index in [4.69, 9.17) is 21.4 Å². The summed E-state index contributed by atoms with van der Waals surface area (Å²) in [7, 11) is 1.71. The fraction of sp³-hybridized carbons (Fsp3) is 0.448.